The Kier molecular flexibility index (Phi) is 8.11. The SMILES string of the molecule is COc1cc(CNC(=O)c2ccc(CS(=O)(=O)N3CCOCC3)cc2)ccc1OC(C)C. The van der Waals surface area contributed by atoms with Crippen LogP contribution in [-0.4, -0.2) is 58.1 Å². The first-order valence-electron chi connectivity index (χ1n) is 10.5. The number of carbonyl (C=O) groups is 1. The van der Waals surface area contributed by atoms with E-state index in [9.17, 15) is 13.2 Å². The van der Waals surface area contributed by atoms with Crippen LogP contribution in [0.15, 0.2) is 42.5 Å². The first kappa shape index (κ1) is 24.0. The van der Waals surface area contributed by atoms with Gasteiger partial charge in [-0.2, -0.15) is 4.31 Å². The number of sulfonamides is 1. The summed E-state index contributed by atoms with van der Waals surface area (Å²) in [5.74, 6) is 0.921. The first-order chi connectivity index (χ1) is 15.3. The molecule has 0 bridgehead atoms. The fourth-order valence-corrected chi connectivity index (χ4v) is 4.84. The number of amides is 1. The molecule has 1 aliphatic heterocycles. The van der Waals surface area contributed by atoms with Gasteiger partial charge in [-0.25, -0.2) is 8.42 Å². The molecule has 8 nitrogen and oxygen atoms in total. The van der Waals surface area contributed by atoms with E-state index in [2.05, 4.69) is 5.32 Å². The molecule has 0 unspecified atom stereocenters. The van der Waals surface area contributed by atoms with Crippen LogP contribution in [0.3, 0.4) is 0 Å². The molecule has 0 spiro atoms. The molecule has 3 rings (SSSR count). The van der Waals surface area contributed by atoms with Gasteiger partial charge in [0.15, 0.2) is 11.5 Å². The standard InChI is InChI=1S/C23H30N2O6S/c1-17(2)31-21-9-6-19(14-22(21)29-3)15-24-23(26)20-7-4-18(5-8-20)16-32(27,28)25-10-12-30-13-11-25/h4-9,14,17H,10-13,15-16H2,1-3H3,(H,24,26). The summed E-state index contributed by atoms with van der Waals surface area (Å²) in [6.07, 6.45) is 0.0290. The third-order valence-corrected chi connectivity index (χ3v) is 6.82. The van der Waals surface area contributed by atoms with E-state index in [0.717, 1.165) is 5.56 Å². The number of ether oxygens (including phenoxy) is 3. The minimum atomic E-state index is -3.40. The summed E-state index contributed by atoms with van der Waals surface area (Å²) in [5, 5.41) is 2.87. The largest absolute Gasteiger partial charge is 0.493 e. The molecule has 174 valence electrons. The van der Waals surface area contributed by atoms with E-state index >= 15 is 0 Å². The zero-order valence-electron chi connectivity index (χ0n) is 18.7. The molecular formula is C23H30N2O6S. The van der Waals surface area contributed by atoms with Crippen molar-refractivity contribution in [1.29, 1.82) is 0 Å². The van der Waals surface area contributed by atoms with Crippen molar-refractivity contribution in [3.8, 4) is 11.5 Å². The minimum Gasteiger partial charge on any atom is -0.493 e. The summed E-state index contributed by atoms with van der Waals surface area (Å²) >= 11 is 0. The number of hydrogen-bond acceptors (Lipinski definition) is 6. The number of hydrogen-bond donors (Lipinski definition) is 1. The number of carbonyl (C=O) groups excluding carboxylic acids is 1. The van der Waals surface area contributed by atoms with Gasteiger partial charge in [0.2, 0.25) is 10.0 Å². The van der Waals surface area contributed by atoms with Gasteiger partial charge in [-0.05, 0) is 49.2 Å². The molecule has 9 heteroatoms. The molecule has 1 amide bonds. The lowest BCUT2D eigenvalue weighted by atomic mass is 10.1. The fourth-order valence-electron chi connectivity index (χ4n) is 3.34. The van der Waals surface area contributed by atoms with Crippen LogP contribution < -0.4 is 14.8 Å². The van der Waals surface area contributed by atoms with Crippen LogP contribution in [0.5, 0.6) is 11.5 Å². The minimum absolute atomic E-state index is 0.0290. The Hall–Kier alpha value is -2.62. The van der Waals surface area contributed by atoms with Gasteiger partial charge in [0.1, 0.15) is 0 Å². The smallest absolute Gasteiger partial charge is 0.251 e. The Balaban J connectivity index is 1.58. The van der Waals surface area contributed by atoms with E-state index in [0.29, 0.717) is 55.5 Å². The molecular weight excluding hydrogens is 432 g/mol. The molecule has 0 atom stereocenters. The highest BCUT2D eigenvalue weighted by Gasteiger charge is 2.24. The Bertz CT molecular complexity index is 1020. The first-order valence-corrected chi connectivity index (χ1v) is 12.2. The number of benzene rings is 2. The van der Waals surface area contributed by atoms with Crippen LogP contribution in [0.4, 0.5) is 0 Å². The van der Waals surface area contributed by atoms with E-state index in [4.69, 9.17) is 14.2 Å². The van der Waals surface area contributed by atoms with E-state index in [-0.39, 0.29) is 17.8 Å². The van der Waals surface area contributed by atoms with Crippen molar-refractivity contribution in [1.82, 2.24) is 9.62 Å². The van der Waals surface area contributed by atoms with Crippen LogP contribution in [0.2, 0.25) is 0 Å². The lowest BCUT2D eigenvalue weighted by Gasteiger charge is -2.26. The molecule has 0 aromatic heterocycles. The van der Waals surface area contributed by atoms with Gasteiger partial charge < -0.3 is 19.5 Å². The molecule has 2 aromatic carbocycles. The molecule has 32 heavy (non-hydrogen) atoms. The molecule has 1 saturated heterocycles. The van der Waals surface area contributed by atoms with Crippen LogP contribution in [0.25, 0.3) is 0 Å². The molecule has 0 aliphatic carbocycles. The monoisotopic (exact) mass is 462 g/mol. The van der Waals surface area contributed by atoms with Gasteiger partial charge in [0.25, 0.3) is 5.91 Å². The van der Waals surface area contributed by atoms with Crippen molar-refractivity contribution in [3.63, 3.8) is 0 Å². The summed E-state index contributed by atoms with van der Waals surface area (Å²) in [6, 6.07) is 12.2. The van der Waals surface area contributed by atoms with Crippen molar-refractivity contribution >= 4 is 15.9 Å². The van der Waals surface area contributed by atoms with Crippen LogP contribution in [0.1, 0.15) is 35.3 Å². The Morgan fingerprint density at radius 2 is 1.72 bits per heavy atom. The van der Waals surface area contributed by atoms with Crippen LogP contribution >= 0.6 is 0 Å². The van der Waals surface area contributed by atoms with Crippen molar-refractivity contribution in [3.05, 3.63) is 59.2 Å². The number of methoxy groups -OCH3 is 1. The van der Waals surface area contributed by atoms with Crippen molar-refractivity contribution in [2.24, 2.45) is 0 Å². The average Bonchev–Trinajstić information content (AvgIpc) is 2.78. The second-order valence-corrected chi connectivity index (χ2v) is 9.77. The molecule has 1 fully saturated rings. The average molecular weight is 463 g/mol. The van der Waals surface area contributed by atoms with Gasteiger partial charge >= 0.3 is 0 Å². The van der Waals surface area contributed by atoms with E-state index in [1.54, 1.807) is 31.4 Å². The molecule has 1 N–H and O–H groups in total. The molecule has 2 aromatic rings. The quantitative estimate of drug-likeness (QED) is 0.616. The number of nitrogens with zero attached hydrogens (tertiary/aromatic N) is 1. The number of nitrogens with one attached hydrogen (secondary N) is 1. The normalized spacial score (nSPS) is 14.9. The van der Waals surface area contributed by atoms with E-state index in [1.165, 1.54) is 4.31 Å². The maximum absolute atomic E-state index is 12.5. The second-order valence-electron chi connectivity index (χ2n) is 7.80. The summed E-state index contributed by atoms with van der Waals surface area (Å²) in [5.41, 5.74) is 1.97. The zero-order chi connectivity index (χ0) is 23.1. The fraction of sp³-hybridized carbons (Fsp3) is 0.435. The predicted octanol–water partition coefficient (Wildman–Crippen LogP) is 2.57. The topological polar surface area (TPSA) is 94.2 Å². The lowest BCUT2D eigenvalue weighted by Crippen LogP contribution is -2.41. The van der Waals surface area contributed by atoms with Crippen molar-refractivity contribution in [2.75, 3.05) is 33.4 Å². The third-order valence-electron chi connectivity index (χ3n) is 4.97. The third kappa shape index (κ3) is 6.44. The molecule has 1 heterocycles. The number of morpholine rings is 1. The highest BCUT2D eigenvalue weighted by molar-refractivity contribution is 7.88. The van der Waals surface area contributed by atoms with Crippen LogP contribution in [0, 0.1) is 0 Å². The maximum Gasteiger partial charge on any atom is 0.251 e. The van der Waals surface area contributed by atoms with Gasteiger partial charge in [-0.1, -0.05) is 18.2 Å². The van der Waals surface area contributed by atoms with E-state index < -0.39 is 10.0 Å². The molecule has 0 saturated carbocycles. The van der Waals surface area contributed by atoms with Crippen molar-refractivity contribution < 1.29 is 27.4 Å². The summed E-state index contributed by atoms with van der Waals surface area (Å²) in [6.45, 7) is 5.78. The summed E-state index contributed by atoms with van der Waals surface area (Å²) < 4.78 is 42.8. The van der Waals surface area contributed by atoms with Gasteiger partial charge in [0, 0.05) is 25.2 Å². The van der Waals surface area contributed by atoms with Gasteiger partial charge in [-0.3, -0.25) is 4.79 Å². The molecule has 1 aliphatic rings. The summed E-state index contributed by atoms with van der Waals surface area (Å²) in [7, 11) is -1.83. The Labute approximate surface area is 189 Å². The van der Waals surface area contributed by atoms with Crippen molar-refractivity contribution in [2.45, 2.75) is 32.2 Å². The lowest BCUT2D eigenvalue weighted by molar-refractivity contribution is 0.0729. The summed E-state index contributed by atoms with van der Waals surface area (Å²) in [4.78, 5) is 12.5. The highest BCUT2D eigenvalue weighted by Crippen LogP contribution is 2.29. The predicted molar refractivity (Wildman–Crippen MR) is 121 cm³/mol. The van der Waals surface area contributed by atoms with E-state index in [1.807, 2.05) is 32.0 Å². The Morgan fingerprint density at radius 1 is 1.06 bits per heavy atom. The number of rotatable bonds is 9. The zero-order valence-corrected chi connectivity index (χ0v) is 19.5. The highest BCUT2D eigenvalue weighted by atomic mass is 32.2. The Morgan fingerprint density at radius 3 is 2.34 bits per heavy atom. The van der Waals surface area contributed by atoms with Gasteiger partial charge in [0.05, 0.1) is 32.2 Å². The van der Waals surface area contributed by atoms with Crippen LogP contribution in [-0.2, 0) is 27.1 Å². The maximum atomic E-state index is 12.5. The van der Waals surface area contributed by atoms with Gasteiger partial charge in [-0.15, -0.1) is 0 Å². The molecule has 0 radical (unpaired) electrons. The second kappa shape index (κ2) is 10.8.